The number of halogens is 2. The van der Waals surface area contributed by atoms with Crippen LogP contribution in [0.5, 0.6) is 0 Å². The molecule has 0 radical (unpaired) electrons. The van der Waals surface area contributed by atoms with Gasteiger partial charge >= 0.3 is 0 Å². The highest BCUT2D eigenvalue weighted by atomic mass is 79.9. The number of aromatic nitrogens is 2. The maximum Gasteiger partial charge on any atom is 0.135 e. The summed E-state index contributed by atoms with van der Waals surface area (Å²) >= 11 is 3.29. The summed E-state index contributed by atoms with van der Waals surface area (Å²) in [5.74, 6) is 1.04. The predicted molar refractivity (Wildman–Crippen MR) is 68.9 cm³/mol. The molecule has 0 fully saturated rings. The fourth-order valence-corrected chi connectivity index (χ4v) is 1.89. The molecule has 5 heteroatoms. The van der Waals surface area contributed by atoms with Gasteiger partial charge in [-0.3, -0.25) is 0 Å². The molecule has 0 spiro atoms. The molecule has 1 aromatic carbocycles. The van der Waals surface area contributed by atoms with E-state index >= 15 is 0 Å². The van der Waals surface area contributed by atoms with Gasteiger partial charge in [-0.1, -0.05) is 6.07 Å². The molecule has 0 saturated heterocycles. The van der Waals surface area contributed by atoms with Gasteiger partial charge in [-0.15, -0.1) is 0 Å². The summed E-state index contributed by atoms with van der Waals surface area (Å²) in [6.45, 7) is 3.52. The summed E-state index contributed by atoms with van der Waals surface area (Å²) in [6, 6.07) is 6.72. The second kappa shape index (κ2) is 4.79. The zero-order chi connectivity index (χ0) is 12.4. The molecule has 0 bridgehead atoms. The van der Waals surface area contributed by atoms with Crippen LogP contribution in [0, 0.1) is 19.7 Å². The van der Waals surface area contributed by atoms with E-state index in [-0.39, 0.29) is 5.82 Å². The van der Waals surface area contributed by atoms with Gasteiger partial charge in [-0.2, -0.15) is 0 Å². The lowest BCUT2D eigenvalue weighted by Gasteiger charge is -2.07. The van der Waals surface area contributed by atoms with Gasteiger partial charge in [-0.05, 0) is 47.5 Å². The maximum atomic E-state index is 13.4. The fourth-order valence-electron chi connectivity index (χ4n) is 1.41. The minimum absolute atomic E-state index is 0.236. The minimum atomic E-state index is -0.236. The summed E-state index contributed by atoms with van der Waals surface area (Å²) in [7, 11) is 0. The third-order valence-electron chi connectivity index (χ3n) is 2.25. The van der Waals surface area contributed by atoms with Gasteiger partial charge in [0.25, 0.3) is 0 Å². The molecule has 1 N–H and O–H groups in total. The first-order chi connectivity index (χ1) is 8.04. The lowest BCUT2D eigenvalue weighted by Crippen LogP contribution is -1.98. The molecule has 0 amide bonds. The van der Waals surface area contributed by atoms with E-state index in [9.17, 15) is 4.39 Å². The van der Waals surface area contributed by atoms with Crippen molar-refractivity contribution in [1.29, 1.82) is 0 Å². The van der Waals surface area contributed by atoms with E-state index in [2.05, 4.69) is 31.2 Å². The average molecular weight is 296 g/mol. The minimum Gasteiger partial charge on any atom is -0.340 e. The Morgan fingerprint density at radius 2 is 1.94 bits per heavy atom. The first-order valence-corrected chi connectivity index (χ1v) is 5.88. The van der Waals surface area contributed by atoms with Crippen LogP contribution in [0.3, 0.4) is 0 Å². The van der Waals surface area contributed by atoms with Gasteiger partial charge in [0.15, 0.2) is 0 Å². The Kier molecular flexibility index (Phi) is 3.38. The Bertz CT molecular complexity index is 537. The van der Waals surface area contributed by atoms with Gasteiger partial charge in [-0.25, -0.2) is 14.4 Å². The van der Waals surface area contributed by atoms with E-state index < -0.39 is 0 Å². The van der Waals surface area contributed by atoms with Crippen molar-refractivity contribution in [3.63, 3.8) is 0 Å². The molecule has 17 heavy (non-hydrogen) atoms. The Balaban J connectivity index is 2.28. The van der Waals surface area contributed by atoms with Crippen molar-refractivity contribution in [1.82, 2.24) is 9.97 Å². The van der Waals surface area contributed by atoms with Gasteiger partial charge in [0.05, 0.1) is 0 Å². The molecule has 1 aromatic heterocycles. The van der Waals surface area contributed by atoms with Crippen molar-refractivity contribution in [3.05, 3.63) is 46.1 Å². The summed E-state index contributed by atoms with van der Waals surface area (Å²) in [4.78, 5) is 8.31. The van der Waals surface area contributed by atoms with Crippen molar-refractivity contribution in [2.75, 3.05) is 5.32 Å². The highest BCUT2D eigenvalue weighted by molar-refractivity contribution is 9.10. The zero-order valence-corrected chi connectivity index (χ0v) is 11.0. The number of hydrogen-bond acceptors (Lipinski definition) is 3. The number of rotatable bonds is 2. The molecule has 0 atom stereocenters. The second-order valence-electron chi connectivity index (χ2n) is 3.71. The van der Waals surface area contributed by atoms with Crippen LogP contribution in [0.15, 0.2) is 28.9 Å². The van der Waals surface area contributed by atoms with Gasteiger partial charge in [0, 0.05) is 11.8 Å². The number of benzene rings is 1. The van der Waals surface area contributed by atoms with Crippen molar-refractivity contribution in [3.8, 4) is 0 Å². The van der Waals surface area contributed by atoms with Crippen LogP contribution in [0.25, 0.3) is 0 Å². The lowest BCUT2D eigenvalue weighted by molar-refractivity contribution is 0.619. The van der Waals surface area contributed by atoms with Crippen LogP contribution in [0.4, 0.5) is 15.9 Å². The lowest BCUT2D eigenvalue weighted by atomic mass is 10.2. The molecule has 88 valence electrons. The first-order valence-electron chi connectivity index (χ1n) is 5.09. The largest absolute Gasteiger partial charge is 0.340 e. The normalized spacial score (nSPS) is 10.4. The third kappa shape index (κ3) is 3.00. The molecule has 0 aliphatic rings. The van der Waals surface area contributed by atoms with Gasteiger partial charge in [0.1, 0.15) is 22.1 Å². The van der Waals surface area contributed by atoms with E-state index in [1.807, 2.05) is 6.07 Å². The van der Waals surface area contributed by atoms with E-state index in [4.69, 9.17) is 0 Å². The van der Waals surface area contributed by atoms with Crippen molar-refractivity contribution >= 4 is 27.4 Å². The van der Waals surface area contributed by atoms with Crippen LogP contribution >= 0.6 is 15.9 Å². The third-order valence-corrected chi connectivity index (χ3v) is 2.66. The monoisotopic (exact) mass is 295 g/mol. The molecule has 0 aliphatic carbocycles. The van der Waals surface area contributed by atoms with Crippen LogP contribution in [-0.2, 0) is 0 Å². The second-order valence-corrected chi connectivity index (χ2v) is 4.52. The molecule has 2 aromatic rings. The van der Waals surface area contributed by atoms with E-state index in [0.29, 0.717) is 27.5 Å². The number of aryl methyl sites for hydroxylation is 2. The molecule has 2 rings (SSSR count). The molecule has 0 saturated carbocycles. The average Bonchev–Trinajstić information content (AvgIpc) is 2.22. The summed E-state index contributed by atoms with van der Waals surface area (Å²) in [6.07, 6.45) is 0. The van der Waals surface area contributed by atoms with Crippen molar-refractivity contribution < 1.29 is 4.39 Å². The number of nitrogens with zero attached hydrogens (tertiary/aromatic N) is 2. The Morgan fingerprint density at radius 3 is 2.59 bits per heavy atom. The molecular formula is C12H11BrFN3. The molecule has 0 unspecified atom stereocenters. The topological polar surface area (TPSA) is 37.8 Å². The Hall–Kier alpha value is -1.49. The first kappa shape index (κ1) is 12.0. The van der Waals surface area contributed by atoms with E-state index in [1.165, 1.54) is 6.07 Å². The quantitative estimate of drug-likeness (QED) is 0.858. The molecule has 3 nitrogen and oxygen atoms in total. The number of nitrogens with one attached hydrogen (secondary N) is 1. The number of anilines is 2. The van der Waals surface area contributed by atoms with Gasteiger partial charge in [0.2, 0.25) is 0 Å². The van der Waals surface area contributed by atoms with Crippen LogP contribution in [0.2, 0.25) is 0 Å². The zero-order valence-electron chi connectivity index (χ0n) is 9.46. The van der Waals surface area contributed by atoms with Crippen LogP contribution in [0.1, 0.15) is 11.4 Å². The van der Waals surface area contributed by atoms with Crippen molar-refractivity contribution in [2.45, 2.75) is 13.8 Å². The molecular weight excluding hydrogens is 285 g/mol. The Labute approximate surface area is 107 Å². The fraction of sp³-hybridized carbons (Fsp3) is 0.167. The highest BCUT2D eigenvalue weighted by Gasteiger charge is 2.02. The SMILES string of the molecule is Cc1nc(Br)cc(Nc2ccc(C)c(F)c2)n1. The van der Waals surface area contributed by atoms with E-state index in [0.717, 1.165) is 0 Å². The van der Waals surface area contributed by atoms with Crippen LogP contribution < -0.4 is 5.32 Å². The maximum absolute atomic E-state index is 13.4. The van der Waals surface area contributed by atoms with Crippen molar-refractivity contribution in [2.24, 2.45) is 0 Å². The highest BCUT2D eigenvalue weighted by Crippen LogP contribution is 2.19. The molecule has 1 heterocycles. The predicted octanol–water partition coefficient (Wildman–Crippen LogP) is 3.74. The molecule has 0 aliphatic heterocycles. The summed E-state index contributed by atoms with van der Waals surface area (Å²) in [5, 5.41) is 3.03. The van der Waals surface area contributed by atoms with E-state index in [1.54, 1.807) is 26.0 Å². The standard InChI is InChI=1S/C12H11BrFN3/c1-7-3-4-9(5-10(7)14)17-12-6-11(13)15-8(2)16-12/h3-6H,1-2H3,(H,15,16,17). The number of hydrogen-bond donors (Lipinski definition) is 1. The van der Waals surface area contributed by atoms with Crippen LogP contribution in [-0.4, -0.2) is 9.97 Å². The summed E-state index contributed by atoms with van der Waals surface area (Å²) < 4.78 is 14.1. The smallest absolute Gasteiger partial charge is 0.135 e. The Morgan fingerprint density at radius 1 is 1.18 bits per heavy atom. The van der Waals surface area contributed by atoms with Gasteiger partial charge < -0.3 is 5.32 Å². The summed E-state index contributed by atoms with van der Waals surface area (Å²) in [5.41, 5.74) is 1.29.